The minimum Gasteiger partial charge on any atom is -0.351 e. The van der Waals surface area contributed by atoms with Crippen molar-refractivity contribution in [2.75, 3.05) is 13.1 Å². The van der Waals surface area contributed by atoms with Gasteiger partial charge < -0.3 is 10.2 Å². The SMILES string of the molecule is CCN(CC)C(=O)c1ccc(CNC(=O)C2Cc3ccccc32)cc1. The molecule has 4 heteroatoms. The van der Waals surface area contributed by atoms with Crippen LogP contribution in [-0.4, -0.2) is 29.8 Å². The van der Waals surface area contributed by atoms with Crippen molar-refractivity contribution in [3.8, 4) is 0 Å². The minimum atomic E-state index is -0.0280. The molecule has 1 atom stereocenters. The fraction of sp³-hybridized carbons (Fsp3) is 0.333. The van der Waals surface area contributed by atoms with Gasteiger partial charge in [-0.1, -0.05) is 36.4 Å². The van der Waals surface area contributed by atoms with Crippen LogP contribution < -0.4 is 5.32 Å². The largest absolute Gasteiger partial charge is 0.351 e. The minimum absolute atomic E-state index is 0.0280. The molecule has 2 aromatic carbocycles. The molecule has 2 aromatic rings. The number of nitrogens with zero attached hydrogens (tertiary/aromatic N) is 1. The summed E-state index contributed by atoms with van der Waals surface area (Å²) in [6.07, 6.45) is 0.819. The molecule has 3 rings (SSSR count). The van der Waals surface area contributed by atoms with E-state index in [-0.39, 0.29) is 17.7 Å². The van der Waals surface area contributed by atoms with Crippen molar-refractivity contribution >= 4 is 11.8 Å². The van der Waals surface area contributed by atoms with Gasteiger partial charge in [0.1, 0.15) is 0 Å². The van der Waals surface area contributed by atoms with Crippen molar-refractivity contribution in [3.05, 3.63) is 70.8 Å². The normalized spacial score (nSPS) is 15.0. The summed E-state index contributed by atoms with van der Waals surface area (Å²) in [5.41, 5.74) is 4.09. The fourth-order valence-electron chi connectivity index (χ4n) is 3.26. The second kappa shape index (κ2) is 7.51. The number of carbonyl (C=O) groups is 2. The van der Waals surface area contributed by atoms with Crippen LogP contribution in [0, 0.1) is 0 Å². The number of fused-ring (bicyclic) bond motifs is 1. The van der Waals surface area contributed by atoms with Crippen molar-refractivity contribution in [2.45, 2.75) is 32.7 Å². The Kier molecular flexibility index (Phi) is 5.17. The maximum absolute atomic E-state index is 12.3. The first-order valence-electron chi connectivity index (χ1n) is 8.87. The van der Waals surface area contributed by atoms with Crippen LogP contribution in [0.2, 0.25) is 0 Å². The van der Waals surface area contributed by atoms with E-state index in [4.69, 9.17) is 0 Å². The van der Waals surface area contributed by atoms with Crippen LogP contribution in [0.3, 0.4) is 0 Å². The summed E-state index contributed by atoms with van der Waals surface area (Å²) in [6, 6.07) is 15.6. The van der Waals surface area contributed by atoms with Gasteiger partial charge in [-0.05, 0) is 49.1 Å². The van der Waals surface area contributed by atoms with Crippen molar-refractivity contribution in [1.82, 2.24) is 10.2 Å². The Balaban J connectivity index is 1.56. The zero-order chi connectivity index (χ0) is 17.8. The van der Waals surface area contributed by atoms with Crippen molar-refractivity contribution < 1.29 is 9.59 Å². The van der Waals surface area contributed by atoms with Gasteiger partial charge in [-0.15, -0.1) is 0 Å². The van der Waals surface area contributed by atoms with Crippen LogP contribution in [-0.2, 0) is 17.8 Å². The molecule has 1 aliphatic rings. The first-order chi connectivity index (χ1) is 12.1. The Morgan fingerprint density at radius 2 is 1.72 bits per heavy atom. The predicted molar refractivity (Wildman–Crippen MR) is 98.4 cm³/mol. The van der Waals surface area contributed by atoms with E-state index in [0.717, 1.165) is 17.5 Å². The van der Waals surface area contributed by atoms with E-state index in [1.54, 1.807) is 4.90 Å². The lowest BCUT2D eigenvalue weighted by Gasteiger charge is -2.28. The van der Waals surface area contributed by atoms with E-state index < -0.39 is 0 Å². The molecule has 0 spiro atoms. The summed E-state index contributed by atoms with van der Waals surface area (Å²) in [5, 5.41) is 3.00. The third kappa shape index (κ3) is 3.58. The zero-order valence-electron chi connectivity index (χ0n) is 14.8. The molecular weight excluding hydrogens is 312 g/mol. The third-order valence-electron chi connectivity index (χ3n) is 4.89. The average Bonchev–Trinajstić information content (AvgIpc) is 2.62. The van der Waals surface area contributed by atoms with Crippen molar-refractivity contribution in [3.63, 3.8) is 0 Å². The molecule has 0 saturated carbocycles. The topological polar surface area (TPSA) is 49.4 Å². The van der Waals surface area contributed by atoms with Gasteiger partial charge in [0.15, 0.2) is 0 Å². The van der Waals surface area contributed by atoms with Gasteiger partial charge in [0.2, 0.25) is 5.91 Å². The molecule has 0 aromatic heterocycles. The lowest BCUT2D eigenvalue weighted by Crippen LogP contribution is -2.35. The van der Waals surface area contributed by atoms with Crippen LogP contribution in [0.15, 0.2) is 48.5 Å². The Morgan fingerprint density at radius 3 is 2.36 bits per heavy atom. The molecule has 1 aliphatic carbocycles. The summed E-state index contributed by atoms with van der Waals surface area (Å²) in [7, 11) is 0. The van der Waals surface area contributed by atoms with Gasteiger partial charge >= 0.3 is 0 Å². The van der Waals surface area contributed by atoms with Crippen LogP contribution in [0.1, 0.15) is 46.8 Å². The van der Waals surface area contributed by atoms with E-state index in [1.807, 2.05) is 56.3 Å². The molecule has 0 aliphatic heterocycles. The lowest BCUT2D eigenvalue weighted by molar-refractivity contribution is -0.123. The van der Waals surface area contributed by atoms with E-state index >= 15 is 0 Å². The van der Waals surface area contributed by atoms with Crippen molar-refractivity contribution in [1.29, 1.82) is 0 Å². The summed E-state index contributed by atoms with van der Waals surface area (Å²) in [6.45, 7) is 5.84. The molecule has 2 amide bonds. The van der Waals surface area contributed by atoms with Gasteiger partial charge in [0, 0.05) is 25.2 Å². The van der Waals surface area contributed by atoms with Crippen LogP contribution in [0.25, 0.3) is 0 Å². The molecule has 0 heterocycles. The summed E-state index contributed by atoms with van der Waals surface area (Å²) >= 11 is 0. The monoisotopic (exact) mass is 336 g/mol. The van der Waals surface area contributed by atoms with Crippen LogP contribution in [0.4, 0.5) is 0 Å². The number of carbonyl (C=O) groups excluding carboxylic acids is 2. The molecule has 0 bridgehead atoms. The fourth-order valence-corrected chi connectivity index (χ4v) is 3.26. The Labute approximate surface area is 148 Å². The van der Waals surface area contributed by atoms with Gasteiger partial charge in [0.05, 0.1) is 5.92 Å². The Bertz CT molecular complexity index is 764. The second-order valence-electron chi connectivity index (χ2n) is 6.35. The first kappa shape index (κ1) is 17.2. The van der Waals surface area contributed by atoms with Gasteiger partial charge in [0.25, 0.3) is 5.91 Å². The highest BCUT2D eigenvalue weighted by atomic mass is 16.2. The maximum atomic E-state index is 12.3. The predicted octanol–water partition coefficient (Wildman–Crippen LogP) is 3.12. The molecule has 130 valence electrons. The van der Waals surface area contributed by atoms with E-state index in [0.29, 0.717) is 25.2 Å². The number of benzene rings is 2. The molecular formula is C21H24N2O2. The van der Waals surface area contributed by atoms with Crippen molar-refractivity contribution in [2.24, 2.45) is 0 Å². The number of amides is 2. The molecule has 0 fully saturated rings. The molecule has 0 radical (unpaired) electrons. The highest BCUT2D eigenvalue weighted by molar-refractivity contribution is 5.94. The molecule has 1 unspecified atom stereocenters. The van der Waals surface area contributed by atoms with E-state index in [1.165, 1.54) is 5.56 Å². The highest BCUT2D eigenvalue weighted by Gasteiger charge is 2.31. The van der Waals surface area contributed by atoms with Gasteiger partial charge in [-0.25, -0.2) is 0 Å². The Hall–Kier alpha value is -2.62. The number of rotatable bonds is 6. The number of hydrogen-bond donors (Lipinski definition) is 1. The summed E-state index contributed by atoms with van der Waals surface area (Å²) in [4.78, 5) is 26.4. The molecule has 25 heavy (non-hydrogen) atoms. The van der Waals surface area contributed by atoms with E-state index in [9.17, 15) is 9.59 Å². The molecule has 4 nitrogen and oxygen atoms in total. The van der Waals surface area contributed by atoms with E-state index in [2.05, 4.69) is 11.4 Å². The second-order valence-corrected chi connectivity index (χ2v) is 6.35. The first-order valence-corrected chi connectivity index (χ1v) is 8.87. The van der Waals surface area contributed by atoms with Crippen LogP contribution in [0.5, 0.6) is 0 Å². The Morgan fingerprint density at radius 1 is 1.04 bits per heavy atom. The smallest absolute Gasteiger partial charge is 0.253 e. The van der Waals surface area contributed by atoms with Gasteiger partial charge in [-0.2, -0.15) is 0 Å². The maximum Gasteiger partial charge on any atom is 0.253 e. The molecule has 0 saturated heterocycles. The summed E-state index contributed by atoms with van der Waals surface area (Å²) in [5.74, 6) is 0.0911. The average molecular weight is 336 g/mol. The standard InChI is InChI=1S/C21H24N2O2/c1-3-23(4-2)21(25)16-11-9-15(10-12-16)14-22-20(24)19-13-17-7-5-6-8-18(17)19/h5-12,19H,3-4,13-14H2,1-2H3,(H,22,24). The zero-order valence-corrected chi connectivity index (χ0v) is 14.8. The van der Waals surface area contributed by atoms with Crippen LogP contribution >= 0.6 is 0 Å². The lowest BCUT2D eigenvalue weighted by atomic mass is 9.77. The number of hydrogen-bond acceptors (Lipinski definition) is 2. The molecule has 1 N–H and O–H groups in total. The van der Waals surface area contributed by atoms with Gasteiger partial charge in [-0.3, -0.25) is 9.59 Å². The number of nitrogens with one attached hydrogen (secondary N) is 1. The summed E-state index contributed by atoms with van der Waals surface area (Å²) < 4.78 is 0. The quantitative estimate of drug-likeness (QED) is 0.881. The third-order valence-corrected chi connectivity index (χ3v) is 4.89. The highest BCUT2D eigenvalue weighted by Crippen LogP contribution is 2.34.